The summed E-state index contributed by atoms with van der Waals surface area (Å²) in [4.78, 5) is 22.6. The van der Waals surface area contributed by atoms with Gasteiger partial charge in [-0.3, -0.25) is 0 Å². The molecule has 48 heavy (non-hydrogen) atoms. The zero-order valence-corrected chi connectivity index (χ0v) is 27.9. The number of hydrogen-bond acceptors (Lipinski definition) is 7. The van der Waals surface area contributed by atoms with Gasteiger partial charge < -0.3 is 34.7 Å². The smallest absolute Gasteiger partial charge is 0.407 e. The molecule has 9 nitrogen and oxygen atoms in total. The molecule has 4 aliphatic rings. The SMILES string of the molecule is COc1cccc(OCCCc2ccc([C@@H]3CC[C@]4(COC(=O)N4)C3)cc2)c1.O=C1N[C@@]2(CC[C@@H](c3ccc(CCCO)cc3)C2)CO1. The quantitative estimate of drug-likeness (QED) is 0.194. The minimum absolute atomic E-state index is 0.128. The molecule has 2 aliphatic heterocycles. The summed E-state index contributed by atoms with van der Waals surface area (Å²) < 4.78 is 21.2. The highest BCUT2D eigenvalue weighted by atomic mass is 16.6. The summed E-state index contributed by atoms with van der Waals surface area (Å²) in [6.07, 6.45) is 9.26. The van der Waals surface area contributed by atoms with Gasteiger partial charge in [-0.25, -0.2) is 9.59 Å². The van der Waals surface area contributed by atoms with Crippen LogP contribution in [0.1, 0.15) is 85.5 Å². The molecule has 4 fully saturated rings. The van der Waals surface area contributed by atoms with Crippen LogP contribution in [0, 0.1) is 0 Å². The van der Waals surface area contributed by atoms with Gasteiger partial charge in [0.1, 0.15) is 24.7 Å². The van der Waals surface area contributed by atoms with Crippen molar-refractivity contribution in [3.63, 3.8) is 0 Å². The molecule has 3 N–H and O–H groups in total. The molecule has 2 saturated carbocycles. The maximum absolute atomic E-state index is 11.4. The number of aliphatic hydroxyl groups excluding tert-OH is 1. The summed E-state index contributed by atoms with van der Waals surface area (Å²) in [6, 6.07) is 25.3. The van der Waals surface area contributed by atoms with Gasteiger partial charge in [-0.05, 0) is 110 Å². The average Bonchev–Trinajstić information content (AvgIpc) is 3.91. The second kappa shape index (κ2) is 15.3. The molecule has 0 bridgehead atoms. The molecule has 3 aromatic carbocycles. The van der Waals surface area contributed by atoms with E-state index in [0.29, 0.717) is 31.7 Å². The first kappa shape index (κ1) is 33.7. The van der Waals surface area contributed by atoms with Crippen molar-refractivity contribution < 1.29 is 33.6 Å². The van der Waals surface area contributed by atoms with E-state index in [1.165, 1.54) is 22.3 Å². The minimum atomic E-state index is -0.273. The highest BCUT2D eigenvalue weighted by Crippen LogP contribution is 2.44. The highest BCUT2D eigenvalue weighted by molar-refractivity contribution is 5.71. The molecule has 3 aromatic rings. The molecule has 2 amide bonds. The highest BCUT2D eigenvalue weighted by Gasteiger charge is 2.46. The van der Waals surface area contributed by atoms with Crippen molar-refractivity contribution in [1.82, 2.24) is 10.6 Å². The van der Waals surface area contributed by atoms with Gasteiger partial charge in [0, 0.05) is 12.7 Å². The van der Waals surface area contributed by atoms with Crippen molar-refractivity contribution in [2.45, 2.75) is 87.1 Å². The number of aliphatic hydroxyl groups is 1. The Bertz CT molecular complexity index is 1530. The number of cyclic esters (lactones) is 2. The van der Waals surface area contributed by atoms with E-state index in [9.17, 15) is 9.59 Å². The van der Waals surface area contributed by atoms with E-state index in [0.717, 1.165) is 75.7 Å². The normalized spacial score (nSPS) is 25.6. The average molecular weight is 657 g/mol. The van der Waals surface area contributed by atoms with E-state index in [1.54, 1.807) is 7.11 Å². The Morgan fingerprint density at radius 3 is 1.75 bits per heavy atom. The summed E-state index contributed by atoms with van der Waals surface area (Å²) in [7, 11) is 1.66. The summed E-state index contributed by atoms with van der Waals surface area (Å²) in [6.45, 7) is 1.94. The zero-order valence-electron chi connectivity index (χ0n) is 27.9. The first-order valence-electron chi connectivity index (χ1n) is 17.3. The van der Waals surface area contributed by atoms with E-state index < -0.39 is 0 Å². The number of ether oxygens (including phenoxy) is 4. The Morgan fingerprint density at radius 1 is 0.750 bits per heavy atom. The minimum Gasteiger partial charge on any atom is -0.497 e. The molecule has 2 saturated heterocycles. The van der Waals surface area contributed by atoms with Crippen molar-refractivity contribution >= 4 is 12.2 Å². The molecule has 4 atom stereocenters. The van der Waals surface area contributed by atoms with Gasteiger partial charge in [0.2, 0.25) is 0 Å². The lowest BCUT2D eigenvalue weighted by Crippen LogP contribution is -2.40. The number of aryl methyl sites for hydroxylation is 2. The first-order valence-corrected chi connectivity index (χ1v) is 17.3. The van der Waals surface area contributed by atoms with Crippen LogP contribution >= 0.6 is 0 Å². The first-order chi connectivity index (χ1) is 23.4. The molecule has 0 unspecified atom stereocenters. The number of rotatable bonds is 11. The number of methoxy groups -OCH3 is 1. The number of nitrogens with one attached hydrogen (secondary N) is 2. The van der Waals surface area contributed by atoms with E-state index in [-0.39, 0.29) is 29.9 Å². The van der Waals surface area contributed by atoms with Gasteiger partial charge >= 0.3 is 12.2 Å². The van der Waals surface area contributed by atoms with Crippen molar-refractivity contribution in [3.05, 3.63) is 95.1 Å². The van der Waals surface area contributed by atoms with Crippen LogP contribution in [0.3, 0.4) is 0 Å². The molecule has 256 valence electrons. The van der Waals surface area contributed by atoms with E-state index in [4.69, 9.17) is 24.1 Å². The van der Waals surface area contributed by atoms with Crippen molar-refractivity contribution in [2.24, 2.45) is 0 Å². The second-order valence-electron chi connectivity index (χ2n) is 13.8. The van der Waals surface area contributed by atoms with Crippen LogP contribution in [-0.4, -0.2) is 61.9 Å². The van der Waals surface area contributed by atoms with Crippen LogP contribution in [-0.2, 0) is 22.3 Å². The fourth-order valence-electron chi connectivity index (χ4n) is 7.65. The van der Waals surface area contributed by atoms with Crippen molar-refractivity contribution in [3.8, 4) is 11.5 Å². The van der Waals surface area contributed by atoms with Crippen LogP contribution in [0.5, 0.6) is 11.5 Å². The Hall–Kier alpha value is -4.24. The lowest BCUT2D eigenvalue weighted by Gasteiger charge is -2.20. The van der Waals surface area contributed by atoms with Crippen LogP contribution in [0.2, 0.25) is 0 Å². The molecular formula is C39H48N2O7. The fourth-order valence-corrected chi connectivity index (χ4v) is 7.65. The summed E-state index contributed by atoms with van der Waals surface area (Å²) in [5, 5.41) is 14.8. The maximum Gasteiger partial charge on any atom is 0.407 e. The van der Waals surface area contributed by atoms with Gasteiger partial charge in [0.25, 0.3) is 0 Å². The Kier molecular flexibility index (Phi) is 10.7. The number of alkyl carbamates (subject to hydrolysis) is 2. The third kappa shape index (κ3) is 8.42. The maximum atomic E-state index is 11.4. The topological polar surface area (TPSA) is 115 Å². The molecule has 2 aliphatic carbocycles. The van der Waals surface area contributed by atoms with E-state index in [2.05, 4.69) is 59.2 Å². The van der Waals surface area contributed by atoms with E-state index >= 15 is 0 Å². The van der Waals surface area contributed by atoms with Crippen LogP contribution in [0.25, 0.3) is 0 Å². The molecule has 2 heterocycles. The number of amides is 2. The van der Waals surface area contributed by atoms with Crippen molar-refractivity contribution in [1.29, 1.82) is 0 Å². The number of hydrogen-bond donors (Lipinski definition) is 3. The van der Waals surface area contributed by atoms with Gasteiger partial charge in [-0.2, -0.15) is 0 Å². The predicted octanol–water partition coefficient (Wildman–Crippen LogP) is 6.81. The third-order valence-electron chi connectivity index (χ3n) is 10.4. The molecule has 0 radical (unpaired) electrons. The Balaban J connectivity index is 0.000000177. The van der Waals surface area contributed by atoms with E-state index in [1.807, 2.05) is 24.3 Å². The number of benzene rings is 3. The van der Waals surface area contributed by atoms with Crippen LogP contribution < -0.4 is 20.1 Å². The van der Waals surface area contributed by atoms with Crippen LogP contribution in [0.4, 0.5) is 9.59 Å². The standard InChI is InChI=1S/C23H27NO4.C16H21NO3/c1-26-20-5-2-6-21(14-20)27-13-3-4-17-7-9-18(10-8-17)19-11-12-23(15-19)16-28-22(25)24-23;18-9-1-2-12-3-5-13(6-4-12)14-7-8-16(10-14)11-20-15(19)17-16/h2,5-10,14,19H,3-4,11-13,15-16H2,1H3,(H,24,25);3-6,14,18H,1-2,7-11H2,(H,17,19)/t19-,23-;14-,16-/m11/s1. The summed E-state index contributed by atoms with van der Waals surface area (Å²) in [5.74, 6) is 2.65. The third-order valence-corrected chi connectivity index (χ3v) is 10.4. The van der Waals surface area contributed by atoms with Crippen LogP contribution in [0.15, 0.2) is 72.8 Å². The Morgan fingerprint density at radius 2 is 1.27 bits per heavy atom. The second-order valence-corrected chi connectivity index (χ2v) is 13.8. The predicted molar refractivity (Wildman–Crippen MR) is 183 cm³/mol. The molecule has 9 heteroatoms. The zero-order chi connectivity index (χ0) is 33.4. The van der Waals surface area contributed by atoms with Gasteiger partial charge in [0.05, 0.1) is 24.8 Å². The molecule has 7 rings (SSSR count). The van der Waals surface area contributed by atoms with Crippen molar-refractivity contribution in [2.75, 3.05) is 33.5 Å². The van der Waals surface area contributed by atoms with Gasteiger partial charge in [-0.15, -0.1) is 0 Å². The lowest BCUT2D eigenvalue weighted by atomic mass is 9.92. The summed E-state index contributed by atoms with van der Waals surface area (Å²) >= 11 is 0. The lowest BCUT2D eigenvalue weighted by molar-refractivity contribution is 0.171. The fraction of sp³-hybridized carbons (Fsp3) is 0.487. The van der Waals surface area contributed by atoms with Gasteiger partial charge in [0.15, 0.2) is 0 Å². The number of carbonyl (C=O) groups excluding carboxylic acids is 2. The summed E-state index contributed by atoms with van der Waals surface area (Å²) in [5.41, 5.74) is 5.02. The molecule has 0 aromatic heterocycles. The largest absolute Gasteiger partial charge is 0.497 e. The Labute approximate surface area is 283 Å². The molecule has 2 spiro atoms. The van der Waals surface area contributed by atoms with Gasteiger partial charge in [-0.1, -0.05) is 54.6 Å². The molecular weight excluding hydrogens is 608 g/mol. The number of carbonyl (C=O) groups is 2. The monoisotopic (exact) mass is 656 g/mol.